The molecule has 6 rings (SSSR count). The molecule has 1 aromatic carbocycles. The molecule has 2 saturated heterocycles. The van der Waals surface area contributed by atoms with Crippen LogP contribution in [0.1, 0.15) is 16.9 Å². The van der Waals surface area contributed by atoms with Crippen LogP contribution in [0.5, 0.6) is 0 Å². The summed E-state index contributed by atoms with van der Waals surface area (Å²) in [5.41, 5.74) is 2.98. The molecule has 3 unspecified atom stereocenters. The van der Waals surface area contributed by atoms with Crippen molar-refractivity contribution in [2.24, 2.45) is 5.92 Å². The number of rotatable bonds is 1. The second kappa shape index (κ2) is 4.43. The largest absolute Gasteiger partial charge is 0.329 e. The summed E-state index contributed by atoms with van der Waals surface area (Å²) >= 11 is 0. The van der Waals surface area contributed by atoms with Crippen LogP contribution >= 0.6 is 0 Å². The highest BCUT2D eigenvalue weighted by atomic mass is 16.2. The first-order valence-corrected chi connectivity index (χ1v) is 7.97. The van der Waals surface area contributed by atoms with Gasteiger partial charge in [0, 0.05) is 30.9 Å². The van der Waals surface area contributed by atoms with E-state index >= 15 is 0 Å². The first-order valence-electron chi connectivity index (χ1n) is 7.97. The van der Waals surface area contributed by atoms with Gasteiger partial charge in [0.05, 0.1) is 11.6 Å². The highest BCUT2D eigenvalue weighted by molar-refractivity contribution is 6.05. The Morgan fingerprint density at radius 1 is 1.27 bits per heavy atom. The summed E-state index contributed by atoms with van der Waals surface area (Å²) in [6.07, 6.45) is 3.52. The highest BCUT2D eigenvalue weighted by Crippen LogP contribution is 2.38. The fourth-order valence-corrected chi connectivity index (χ4v) is 4.25. The quantitative estimate of drug-likeness (QED) is 0.814. The summed E-state index contributed by atoms with van der Waals surface area (Å²) in [7, 11) is 0. The standard InChI is InChI=1S/C17H18N4O/c22-17(16-13-3-1-2-4-14(13)18-19-16)21-9-11-5-7-20-8-6-12(11)15(21)10-20/h1-4,6,11,15H,5,7-10H2,(H,18,19). The molecule has 5 heteroatoms. The van der Waals surface area contributed by atoms with Crippen molar-refractivity contribution in [1.29, 1.82) is 0 Å². The van der Waals surface area contributed by atoms with Gasteiger partial charge < -0.3 is 4.90 Å². The number of aromatic nitrogens is 2. The number of carbonyl (C=O) groups is 1. The van der Waals surface area contributed by atoms with Crippen LogP contribution in [-0.2, 0) is 0 Å². The second-order valence-electron chi connectivity index (χ2n) is 6.54. The number of nitrogens with zero attached hydrogens (tertiary/aromatic N) is 3. The Kier molecular flexibility index (Phi) is 2.50. The summed E-state index contributed by atoms with van der Waals surface area (Å²) < 4.78 is 0. The second-order valence-corrected chi connectivity index (χ2v) is 6.54. The summed E-state index contributed by atoms with van der Waals surface area (Å²) in [4.78, 5) is 17.6. The molecular weight excluding hydrogens is 276 g/mol. The highest BCUT2D eigenvalue weighted by Gasteiger charge is 2.44. The fourth-order valence-electron chi connectivity index (χ4n) is 4.25. The van der Waals surface area contributed by atoms with Gasteiger partial charge in [-0.1, -0.05) is 24.3 Å². The molecule has 4 bridgehead atoms. The van der Waals surface area contributed by atoms with Crippen molar-refractivity contribution >= 4 is 16.8 Å². The number of nitrogens with one attached hydrogen (secondary N) is 1. The Morgan fingerprint density at radius 3 is 3.14 bits per heavy atom. The molecule has 0 aliphatic carbocycles. The number of hydrogen-bond donors (Lipinski definition) is 1. The van der Waals surface area contributed by atoms with Crippen LogP contribution in [0.4, 0.5) is 0 Å². The molecule has 112 valence electrons. The summed E-state index contributed by atoms with van der Waals surface area (Å²) in [5, 5.41) is 8.19. The summed E-state index contributed by atoms with van der Waals surface area (Å²) in [6, 6.07) is 8.10. The SMILES string of the molecule is O=C(c1n[nH]c2ccccc12)N1CC2CCN3CC=C2C1C3. The number of benzene rings is 1. The van der Waals surface area contributed by atoms with E-state index in [2.05, 4.69) is 21.2 Å². The van der Waals surface area contributed by atoms with Crippen LogP contribution in [0.15, 0.2) is 35.9 Å². The molecule has 3 atom stereocenters. The number of hydrogen-bond acceptors (Lipinski definition) is 3. The topological polar surface area (TPSA) is 52.2 Å². The Labute approximate surface area is 128 Å². The molecule has 0 radical (unpaired) electrons. The third kappa shape index (κ3) is 1.63. The zero-order valence-corrected chi connectivity index (χ0v) is 12.3. The Hall–Kier alpha value is -2.14. The van der Waals surface area contributed by atoms with Gasteiger partial charge in [-0.05, 0) is 24.6 Å². The van der Waals surface area contributed by atoms with Crippen molar-refractivity contribution in [3.63, 3.8) is 0 Å². The zero-order chi connectivity index (χ0) is 14.7. The van der Waals surface area contributed by atoms with E-state index in [-0.39, 0.29) is 11.9 Å². The van der Waals surface area contributed by atoms with Gasteiger partial charge in [0.25, 0.3) is 5.91 Å². The molecule has 1 amide bonds. The summed E-state index contributed by atoms with van der Waals surface area (Å²) in [5.74, 6) is 0.617. The van der Waals surface area contributed by atoms with Gasteiger partial charge in [-0.15, -0.1) is 0 Å². The predicted octanol–water partition coefficient (Wildman–Crippen LogP) is 1.65. The first-order chi connectivity index (χ1) is 10.8. The van der Waals surface area contributed by atoms with Crippen molar-refractivity contribution < 1.29 is 4.79 Å². The van der Waals surface area contributed by atoms with Gasteiger partial charge in [0.1, 0.15) is 0 Å². The van der Waals surface area contributed by atoms with Gasteiger partial charge >= 0.3 is 0 Å². The average Bonchev–Trinajstić information content (AvgIpc) is 3.02. The normalized spacial score (nSPS) is 29.7. The smallest absolute Gasteiger partial charge is 0.275 e. The van der Waals surface area contributed by atoms with Crippen LogP contribution in [0, 0.1) is 5.92 Å². The van der Waals surface area contributed by atoms with Gasteiger partial charge in [-0.25, -0.2) is 0 Å². The van der Waals surface area contributed by atoms with E-state index in [9.17, 15) is 4.79 Å². The lowest BCUT2D eigenvalue weighted by Crippen LogP contribution is -2.46. The van der Waals surface area contributed by atoms with Crippen molar-refractivity contribution in [2.75, 3.05) is 26.2 Å². The van der Waals surface area contributed by atoms with Crippen molar-refractivity contribution in [3.8, 4) is 0 Å². The lowest BCUT2D eigenvalue weighted by molar-refractivity contribution is 0.0685. The average molecular weight is 294 g/mol. The van der Waals surface area contributed by atoms with Crippen molar-refractivity contribution in [2.45, 2.75) is 12.5 Å². The number of carbonyl (C=O) groups excluding carboxylic acids is 1. The van der Waals surface area contributed by atoms with Crippen LogP contribution in [-0.4, -0.2) is 58.1 Å². The molecule has 4 aliphatic rings. The molecule has 4 aliphatic heterocycles. The lowest BCUT2D eigenvalue weighted by atomic mass is 9.95. The molecule has 2 aromatic rings. The number of aromatic amines is 1. The van der Waals surface area contributed by atoms with Gasteiger partial charge in [0.2, 0.25) is 0 Å². The molecule has 0 spiro atoms. The van der Waals surface area contributed by atoms with Crippen LogP contribution in [0.25, 0.3) is 10.9 Å². The molecule has 5 nitrogen and oxygen atoms in total. The van der Waals surface area contributed by atoms with E-state index in [1.165, 1.54) is 12.0 Å². The monoisotopic (exact) mass is 294 g/mol. The Balaban J connectivity index is 1.54. The van der Waals surface area contributed by atoms with E-state index in [0.29, 0.717) is 11.6 Å². The van der Waals surface area contributed by atoms with E-state index in [1.807, 2.05) is 29.2 Å². The molecule has 22 heavy (non-hydrogen) atoms. The van der Waals surface area contributed by atoms with Gasteiger partial charge in [0.15, 0.2) is 5.69 Å². The molecule has 0 saturated carbocycles. The molecule has 1 aromatic heterocycles. The van der Waals surface area contributed by atoms with Crippen molar-refractivity contribution in [1.82, 2.24) is 20.0 Å². The number of likely N-dealkylation sites (tertiary alicyclic amines) is 1. The fraction of sp³-hybridized carbons (Fsp3) is 0.412. The van der Waals surface area contributed by atoms with Crippen LogP contribution < -0.4 is 0 Å². The number of H-pyrrole nitrogens is 1. The number of fused-ring (bicyclic) bond motifs is 3. The van der Waals surface area contributed by atoms with E-state index in [0.717, 1.165) is 37.1 Å². The molecular formula is C17H18N4O. The third-order valence-corrected chi connectivity index (χ3v) is 5.39. The molecule has 5 heterocycles. The van der Waals surface area contributed by atoms with E-state index < -0.39 is 0 Å². The zero-order valence-electron chi connectivity index (χ0n) is 12.3. The Morgan fingerprint density at radius 2 is 2.18 bits per heavy atom. The maximum atomic E-state index is 13.1. The van der Waals surface area contributed by atoms with Crippen LogP contribution in [0.2, 0.25) is 0 Å². The van der Waals surface area contributed by atoms with Gasteiger partial charge in [-0.3, -0.25) is 14.8 Å². The Bertz CT molecular complexity index is 793. The number of amides is 1. The molecule has 2 fully saturated rings. The van der Waals surface area contributed by atoms with Crippen molar-refractivity contribution in [3.05, 3.63) is 41.6 Å². The van der Waals surface area contributed by atoms with Crippen LogP contribution in [0.3, 0.4) is 0 Å². The third-order valence-electron chi connectivity index (χ3n) is 5.39. The minimum absolute atomic E-state index is 0.0691. The minimum atomic E-state index is 0.0691. The summed E-state index contributed by atoms with van der Waals surface area (Å²) in [6.45, 7) is 4.05. The number of para-hydroxylation sites is 1. The lowest BCUT2D eigenvalue weighted by Gasteiger charge is -2.33. The van der Waals surface area contributed by atoms with E-state index in [1.54, 1.807) is 0 Å². The van der Waals surface area contributed by atoms with E-state index in [4.69, 9.17) is 0 Å². The predicted molar refractivity (Wildman–Crippen MR) is 83.5 cm³/mol. The van der Waals surface area contributed by atoms with Gasteiger partial charge in [-0.2, -0.15) is 5.10 Å². The minimum Gasteiger partial charge on any atom is -0.329 e. The maximum absolute atomic E-state index is 13.1. The molecule has 1 N–H and O–H groups in total. The maximum Gasteiger partial charge on any atom is 0.275 e. The first kappa shape index (κ1) is 12.4.